The lowest BCUT2D eigenvalue weighted by molar-refractivity contribution is 0.0707. The first-order valence-electron chi connectivity index (χ1n) is 5.82. The molecule has 5 heteroatoms. The second-order valence-electron chi connectivity index (χ2n) is 4.14. The van der Waals surface area contributed by atoms with E-state index in [1.54, 1.807) is 30.3 Å². The number of rotatable bonds is 5. The summed E-state index contributed by atoms with van der Waals surface area (Å²) in [4.78, 5) is 18.0. The summed E-state index contributed by atoms with van der Waals surface area (Å²) in [5.74, 6) is 0.693. The summed E-state index contributed by atoms with van der Waals surface area (Å²) in [7, 11) is 1.78. The summed E-state index contributed by atoms with van der Waals surface area (Å²) in [6.07, 6.45) is 3.64. The van der Waals surface area contributed by atoms with Crippen molar-refractivity contribution in [1.82, 2.24) is 9.88 Å². The zero-order valence-corrected chi connectivity index (χ0v) is 9.89. The summed E-state index contributed by atoms with van der Waals surface area (Å²) in [5.41, 5.74) is 0.573. The fraction of sp³-hybridized carbons (Fsp3) is 0.500. The minimum atomic E-state index is -0.0447. The molecule has 0 bridgehead atoms. The van der Waals surface area contributed by atoms with Gasteiger partial charge < -0.3 is 15.3 Å². The molecule has 1 aromatic rings. The van der Waals surface area contributed by atoms with Crippen molar-refractivity contribution in [3.8, 4) is 0 Å². The lowest BCUT2D eigenvalue weighted by atomic mass is 10.2. The molecule has 0 aliphatic heterocycles. The topological polar surface area (TPSA) is 65.5 Å². The molecule has 1 aromatic heterocycles. The van der Waals surface area contributed by atoms with Gasteiger partial charge in [-0.05, 0) is 25.0 Å². The van der Waals surface area contributed by atoms with Gasteiger partial charge in [0.05, 0.1) is 12.2 Å². The maximum absolute atomic E-state index is 12.2. The van der Waals surface area contributed by atoms with Gasteiger partial charge in [-0.15, -0.1) is 0 Å². The Morgan fingerprint density at radius 3 is 2.82 bits per heavy atom. The molecule has 0 saturated heterocycles. The molecule has 0 radical (unpaired) electrons. The second-order valence-corrected chi connectivity index (χ2v) is 4.14. The first-order chi connectivity index (χ1) is 8.26. The van der Waals surface area contributed by atoms with Crippen LogP contribution in [0.25, 0.3) is 0 Å². The van der Waals surface area contributed by atoms with Gasteiger partial charge in [-0.3, -0.25) is 4.79 Å². The van der Waals surface area contributed by atoms with Crippen molar-refractivity contribution in [2.45, 2.75) is 18.9 Å². The molecule has 2 rings (SSSR count). The first kappa shape index (κ1) is 11.9. The van der Waals surface area contributed by atoms with Crippen molar-refractivity contribution in [2.75, 3.05) is 25.5 Å². The van der Waals surface area contributed by atoms with Crippen molar-refractivity contribution in [3.05, 3.63) is 23.9 Å². The maximum Gasteiger partial charge on any atom is 0.255 e. The van der Waals surface area contributed by atoms with E-state index in [0.29, 0.717) is 18.2 Å². The Morgan fingerprint density at radius 2 is 2.35 bits per heavy atom. The maximum atomic E-state index is 12.2. The molecule has 0 spiro atoms. The predicted octanol–water partition coefficient (Wildman–Crippen LogP) is 0.720. The van der Waals surface area contributed by atoms with Crippen LogP contribution in [0.1, 0.15) is 23.2 Å². The summed E-state index contributed by atoms with van der Waals surface area (Å²) < 4.78 is 0. The van der Waals surface area contributed by atoms with Crippen LogP contribution in [0.3, 0.4) is 0 Å². The molecule has 1 fully saturated rings. The van der Waals surface area contributed by atoms with Gasteiger partial charge >= 0.3 is 0 Å². The monoisotopic (exact) mass is 235 g/mol. The van der Waals surface area contributed by atoms with E-state index in [-0.39, 0.29) is 12.5 Å². The van der Waals surface area contributed by atoms with Crippen molar-refractivity contribution < 1.29 is 9.90 Å². The largest absolute Gasteiger partial charge is 0.395 e. The quantitative estimate of drug-likeness (QED) is 0.789. The van der Waals surface area contributed by atoms with Crippen LogP contribution < -0.4 is 5.32 Å². The number of hydrogen-bond donors (Lipinski definition) is 2. The number of carbonyl (C=O) groups excluding carboxylic acids is 1. The Balaban J connectivity index is 2.10. The van der Waals surface area contributed by atoms with Crippen LogP contribution >= 0.6 is 0 Å². The molecule has 0 atom stereocenters. The third-order valence-corrected chi connectivity index (χ3v) is 2.86. The van der Waals surface area contributed by atoms with E-state index in [2.05, 4.69) is 10.3 Å². The average molecular weight is 235 g/mol. The van der Waals surface area contributed by atoms with E-state index in [4.69, 9.17) is 5.11 Å². The molecule has 1 amide bonds. The molecule has 92 valence electrons. The molecular weight excluding hydrogens is 218 g/mol. The zero-order valence-electron chi connectivity index (χ0n) is 9.89. The number of amides is 1. The van der Waals surface area contributed by atoms with Gasteiger partial charge in [0.15, 0.2) is 0 Å². The van der Waals surface area contributed by atoms with Crippen LogP contribution in [-0.4, -0.2) is 47.1 Å². The molecule has 17 heavy (non-hydrogen) atoms. The molecule has 2 N–H and O–H groups in total. The van der Waals surface area contributed by atoms with Gasteiger partial charge in [-0.25, -0.2) is 4.98 Å². The third kappa shape index (κ3) is 2.74. The number of pyridine rings is 1. The number of carbonyl (C=O) groups is 1. The molecule has 1 aliphatic carbocycles. The van der Waals surface area contributed by atoms with Crippen LogP contribution in [0.15, 0.2) is 18.3 Å². The van der Waals surface area contributed by atoms with Gasteiger partial charge in [0.1, 0.15) is 5.82 Å². The van der Waals surface area contributed by atoms with E-state index in [9.17, 15) is 4.79 Å². The van der Waals surface area contributed by atoms with Crippen LogP contribution in [0.4, 0.5) is 5.82 Å². The summed E-state index contributed by atoms with van der Waals surface area (Å²) in [5, 5.41) is 11.9. The molecule has 1 aliphatic rings. The van der Waals surface area contributed by atoms with Gasteiger partial charge in [-0.2, -0.15) is 0 Å². The van der Waals surface area contributed by atoms with Crippen molar-refractivity contribution in [1.29, 1.82) is 0 Å². The number of nitrogens with one attached hydrogen (secondary N) is 1. The smallest absolute Gasteiger partial charge is 0.255 e. The number of aliphatic hydroxyl groups excluding tert-OH is 1. The summed E-state index contributed by atoms with van der Waals surface area (Å²) >= 11 is 0. The predicted molar refractivity (Wildman–Crippen MR) is 64.9 cm³/mol. The molecule has 1 saturated carbocycles. The molecule has 1 heterocycles. The Labute approximate surface area is 100 Å². The molecule has 0 aromatic carbocycles. The molecular formula is C12H17N3O2. The summed E-state index contributed by atoms with van der Waals surface area (Å²) in [6.45, 7) is 0.404. The van der Waals surface area contributed by atoms with E-state index in [0.717, 1.165) is 18.7 Å². The van der Waals surface area contributed by atoms with Crippen molar-refractivity contribution in [3.63, 3.8) is 0 Å². The first-order valence-corrected chi connectivity index (χ1v) is 5.82. The Hall–Kier alpha value is -1.62. The van der Waals surface area contributed by atoms with Crippen molar-refractivity contribution in [2.24, 2.45) is 0 Å². The van der Waals surface area contributed by atoms with E-state index < -0.39 is 0 Å². The van der Waals surface area contributed by atoms with Crippen molar-refractivity contribution >= 4 is 11.7 Å². The lowest BCUT2D eigenvalue weighted by Crippen LogP contribution is -2.35. The minimum Gasteiger partial charge on any atom is -0.395 e. The zero-order chi connectivity index (χ0) is 12.3. The van der Waals surface area contributed by atoms with Gasteiger partial charge in [0, 0.05) is 25.8 Å². The van der Waals surface area contributed by atoms with Crippen LogP contribution in [0.5, 0.6) is 0 Å². The van der Waals surface area contributed by atoms with Crippen LogP contribution in [-0.2, 0) is 0 Å². The highest BCUT2D eigenvalue weighted by atomic mass is 16.3. The Kier molecular flexibility index (Phi) is 3.58. The third-order valence-electron chi connectivity index (χ3n) is 2.86. The number of nitrogens with zero attached hydrogens (tertiary/aromatic N) is 2. The highest BCUT2D eigenvalue weighted by Crippen LogP contribution is 2.27. The Bertz CT molecular complexity index is 387. The summed E-state index contributed by atoms with van der Waals surface area (Å²) in [6, 6.07) is 3.84. The Morgan fingerprint density at radius 1 is 1.59 bits per heavy atom. The van der Waals surface area contributed by atoms with Crippen LogP contribution in [0.2, 0.25) is 0 Å². The average Bonchev–Trinajstić information content (AvgIpc) is 3.19. The van der Waals surface area contributed by atoms with Gasteiger partial charge in [0.25, 0.3) is 5.91 Å². The highest BCUT2D eigenvalue weighted by molar-refractivity contribution is 5.94. The van der Waals surface area contributed by atoms with Crippen LogP contribution in [0, 0.1) is 0 Å². The minimum absolute atomic E-state index is 0.00423. The second kappa shape index (κ2) is 5.14. The SMILES string of the molecule is CNc1ccc(C(=O)N(CCO)C2CC2)cn1. The molecule has 5 nitrogen and oxygen atoms in total. The normalized spacial score (nSPS) is 14.5. The number of aliphatic hydroxyl groups is 1. The number of anilines is 1. The van der Waals surface area contributed by atoms with Gasteiger partial charge in [0.2, 0.25) is 0 Å². The lowest BCUT2D eigenvalue weighted by Gasteiger charge is -2.21. The van der Waals surface area contributed by atoms with E-state index >= 15 is 0 Å². The number of hydrogen-bond acceptors (Lipinski definition) is 4. The number of aromatic nitrogens is 1. The standard InChI is InChI=1S/C12H17N3O2/c1-13-11-5-2-9(8-14-11)12(17)15(6-7-16)10-3-4-10/h2,5,8,10,16H,3-4,6-7H2,1H3,(H,13,14). The fourth-order valence-corrected chi connectivity index (χ4v) is 1.78. The van der Waals surface area contributed by atoms with E-state index in [1.165, 1.54) is 0 Å². The molecule has 0 unspecified atom stereocenters. The highest BCUT2D eigenvalue weighted by Gasteiger charge is 2.32. The van der Waals surface area contributed by atoms with Gasteiger partial charge in [-0.1, -0.05) is 0 Å². The fourth-order valence-electron chi connectivity index (χ4n) is 1.78. The van der Waals surface area contributed by atoms with E-state index in [1.807, 2.05) is 0 Å².